The van der Waals surface area contributed by atoms with E-state index in [9.17, 15) is 4.79 Å². The van der Waals surface area contributed by atoms with E-state index < -0.39 is 0 Å². The van der Waals surface area contributed by atoms with E-state index in [4.69, 9.17) is 0 Å². The van der Waals surface area contributed by atoms with Crippen LogP contribution in [0.4, 0.5) is 0 Å². The molecule has 0 saturated heterocycles. The second-order valence-corrected chi connectivity index (χ2v) is 3.81. The Morgan fingerprint density at radius 3 is 2.72 bits per heavy atom. The number of nitrogens with zero attached hydrogens (tertiary/aromatic N) is 3. The average molecular weight is 243 g/mol. The summed E-state index contributed by atoms with van der Waals surface area (Å²) in [5.41, 5.74) is 5.22. The van der Waals surface area contributed by atoms with Crippen molar-refractivity contribution >= 4 is 11.6 Å². The van der Waals surface area contributed by atoms with Crippen molar-refractivity contribution < 1.29 is 4.79 Å². The van der Waals surface area contributed by atoms with E-state index in [1.54, 1.807) is 18.5 Å². The molecule has 0 aliphatic heterocycles. The van der Waals surface area contributed by atoms with E-state index in [1.807, 2.05) is 26.0 Å². The topological polar surface area (TPSA) is 83.0 Å². The molecule has 0 radical (unpaired) electrons. The van der Waals surface area contributed by atoms with Gasteiger partial charge in [-0.25, -0.2) is 5.43 Å². The number of aromatic nitrogens is 3. The van der Waals surface area contributed by atoms with Gasteiger partial charge in [0.2, 0.25) is 0 Å². The van der Waals surface area contributed by atoms with Crippen LogP contribution in [-0.4, -0.2) is 26.8 Å². The normalized spacial score (nSPS) is 11.3. The Balaban J connectivity index is 2.05. The predicted octanol–water partition coefficient (Wildman–Crippen LogP) is 1.27. The molecule has 0 aliphatic carbocycles. The van der Waals surface area contributed by atoms with Gasteiger partial charge in [0.25, 0.3) is 5.91 Å². The first-order valence-corrected chi connectivity index (χ1v) is 5.44. The Kier molecular flexibility index (Phi) is 3.47. The van der Waals surface area contributed by atoms with Crippen LogP contribution in [0.1, 0.15) is 28.7 Å². The molecule has 18 heavy (non-hydrogen) atoms. The van der Waals surface area contributed by atoms with Gasteiger partial charge in [0.05, 0.1) is 5.71 Å². The van der Waals surface area contributed by atoms with Crippen LogP contribution in [0.3, 0.4) is 0 Å². The van der Waals surface area contributed by atoms with Crippen molar-refractivity contribution in [3.8, 4) is 0 Å². The summed E-state index contributed by atoms with van der Waals surface area (Å²) in [6, 6.07) is 5.31. The van der Waals surface area contributed by atoms with Crippen molar-refractivity contribution in [3.63, 3.8) is 0 Å². The van der Waals surface area contributed by atoms with Crippen molar-refractivity contribution in [2.45, 2.75) is 13.8 Å². The zero-order valence-electron chi connectivity index (χ0n) is 10.1. The number of aryl methyl sites for hydroxylation is 1. The smallest absolute Gasteiger partial charge is 0.282 e. The molecular formula is C12H13N5O. The van der Waals surface area contributed by atoms with Gasteiger partial charge in [-0.2, -0.15) is 10.2 Å². The molecule has 2 aromatic rings. The third-order valence-corrected chi connectivity index (χ3v) is 2.36. The second-order valence-electron chi connectivity index (χ2n) is 3.81. The monoisotopic (exact) mass is 243 g/mol. The van der Waals surface area contributed by atoms with Gasteiger partial charge in [0, 0.05) is 23.7 Å². The van der Waals surface area contributed by atoms with E-state index in [0.29, 0.717) is 11.4 Å². The van der Waals surface area contributed by atoms with Crippen LogP contribution in [0.5, 0.6) is 0 Å². The summed E-state index contributed by atoms with van der Waals surface area (Å²) in [6.07, 6.45) is 3.35. The second kappa shape index (κ2) is 5.22. The highest BCUT2D eigenvalue weighted by molar-refractivity contribution is 6.00. The number of carbonyl (C=O) groups excluding carboxylic acids is 1. The minimum Gasteiger partial charge on any atom is -0.282 e. The fourth-order valence-corrected chi connectivity index (χ4v) is 1.38. The SMILES string of the molecule is C/C(=N/NC(=O)c1cc(C)[nH]n1)c1ccncc1. The number of pyridine rings is 1. The molecule has 2 rings (SSSR count). The average Bonchev–Trinajstić information content (AvgIpc) is 2.83. The number of hydrogen-bond acceptors (Lipinski definition) is 4. The maximum atomic E-state index is 11.7. The van der Waals surface area contributed by atoms with Crippen molar-refractivity contribution in [2.24, 2.45) is 5.10 Å². The fraction of sp³-hybridized carbons (Fsp3) is 0.167. The number of carbonyl (C=O) groups is 1. The maximum Gasteiger partial charge on any atom is 0.291 e. The summed E-state index contributed by atoms with van der Waals surface area (Å²) in [5.74, 6) is -0.340. The zero-order chi connectivity index (χ0) is 13.0. The highest BCUT2D eigenvalue weighted by atomic mass is 16.2. The van der Waals surface area contributed by atoms with Gasteiger partial charge in [-0.1, -0.05) is 0 Å². The zero-order valence-corrected chi connectivity index (χ0v) is 10.1. The van der Waals surface area contributed by atoms with Gasteiger partial charge in [0.15, 0.2) is 5.69 Å². The van der Waals surface area contributed by atoms with Crippen molar-refractivity contribution in [3.05, 3.63) is 47.5 Å². The Hall–Kier alpha value is -2.50. The number of hydrogen-bond donors (Lipinski definition) is 2. The Bertz CT molecular complexity index is 573. The predicted molar refractivity (Wildman–Crippen MR) is 67.2 cm³/mol. The Morgan fingerprint density at radius 2 is 2.11 bits per heavy atom. The molecule has 0 unspecified atom stereocenters. The van der Waals surface area contributed by atoms with Crippen LogP contribution in [-0.2, 0) is 0 Å². The molecule has 0 saturated carbocycles. The first-order chi connectivity index (χ1) is 8.66. The van der Waals surface area contributed by atoms with Crippen molar-refractivity contribution in [1.82, 2.24) is 20.6 Å². The minimum atomic E-state index is -0.340. The van der Waals surface area contributed by atoms with Gasteiger partial charge in [-0.05, 0) is 32.0 Å². The largest absolute Gasteiger partial charge is 0.291 e. The summed E-state index contributed by atoms with van der Waals surface area (Å²) >= 11 is 0. The highest BCUT2D eigenvalue weighted by Crippen LogP contribution is 2.00. The lowest BCUT2D eigenvalue weighted by atomic mass is 10.2. The standard InChI is InChI=1S/C12H13N5O/c1-8-7-11(16-14-8)12(18)17-15-9(2)10-3-5-13-6-4-10/h3-7H,1-2H3,(H,14,16)(H,17,18)/b15-9-. The molecule has 0 bridgehead atoms. The molecule has 0 fully saturated rings. The van der Waals surface area contributed by atoms with Crippen LogP contribution >= 0.6 is 0 Å². The van der Waals surface area contributed by atoms with Crippen LogP contribution in [0.2, 0.25) is 0 Å². The van der Waals surface area contributed by atoms with Crippen LogP contribution < -0.4 is 5.43 Å². The molecule has 0 aliphatic rings. The third kappa shape index (κ3) is 2.79. The molecule has 0 aromatic carbocycles. The number of rotatable bonds is 3. The van der Waals surface area contributed by atoms with Gasteiger partial charge in [0.1, 0.15) is 0 Å². The lowest BCUT2D eigenvalue weighted by Gasteiger charge is -2.00. The number of amides is 1. The third-order valence-electron chi connectivity index (χ3n) is 2.36. The Morgan fingerprint density at radius 1 is 1.39 bits per heavy atom. The first-order valence-electron chi connectivity index (χ1n) is 5.44. The van der Waals surface area contributed by atoms with Crippen molar-refractivity contribution in [1.29, 1.82) is 0 Å². The molecule has 2 heterocycles. The molecule has 2 N–H and O–H groups in total. The summed E-state index contributed by atoms with van der Waals surface area (Å²) in [6.45, 7) is 3.64. The summed E-state index contributed by atoms with van der Waals surface area (Å²) in [4.78, 5) is 15.6. The summed E-state index contributed by atoms with van der Waals surface area (Å²) < 4.78 is 0. The molecule has 0 spiro atoms. The fourth-order valence-electron chi connectivity index (χ4n) is 1.38. The van der Waals surface area contributed by atoms with E-state index in [2.05, 4.69) is 25.7 Å². The lowest BCUT2D eigenvalue weighted by Crippen LogP contribution is -2.19. The van der Waals surface area contributed by atoms with Crippen molar-refractivity contribution in [2.75, 3.05) is 0 Å². The van der Waals surface area contributed by atoms with E-state index >= 15 is 0 Å². The van der Waals surface area contributed by atoms with E-state index in [0.717, 1.165) is 11.3 Å². The van der Waals surface area contributed by atoms with E-state index in [1.165, 1.54) is 0 Å². The molecule has 0 atom stereocenters. The number of nitrogens with one attached hydrogen (secondary N) is 2. The van der Waals surface area contributed by atoms with Crippen LogP contribution in [0.25, 0.3) is 0 Å². The molecule has 6 nitrogen and oxygen atoms in total. The molecule has 6 heteroatoms. The Labute approximate surface area is 104 Å². The molecule has 92 valence electrons. The summed E-state index contributed by atoms with van der Waals surface area (Å²) in [7, 11) is 0. The summed E-state index contributed by atoms with van der Waals surface area (Å²) in [5, 5.41) is 10.6. The van der Waals surface area contributed by atoms with Crippen LogP contribution in [0, 0.1) is 6.92 Å². The lowest BCUT2D eigenvalue weighted by molar-refractivity contribution is 0.0950. The quantitative estimate of drug-likeness (QED) is 0.629. The minimum absolute atomic E-state index is 0.318. The van der Waals surface area contributed by atoms with Gasteiger partial charge >= 0.3 is 0 Å². The van der Waals surface area contributed by atoms with Crippen LogP contribution in [0.15, 0.2) is 35.7 Å². The maximum absolute atomic E-state index is 11.7. The molecular weight excluding hydrogens is 230 g/mol. The molecule has 1 amide bonds. The van der Waals surface area contributed by atoms with Gasteiger partial charge in [-0.15, -0.1) is 0 Å². The number of aromatic amines is 1. The number of hydrazone groups is 1. The first kappa shape index (κ1) is 12.0. The molecule has 2 aromatic heterocycles. The van der Waals surface area contributed by atoms with E-state index in [-0.39, 0.29) is 5.91 Å². The van der Waals surface area contributed by atoms with Gasteiger partial charge < -0.3 is 0 Å². The number of H-pyrrole nitrogens is 1. The highest BCUT2D eigenvalue weighted by Gasteiger charge is 2.08. The van der Waals surface area contributed by atoms with Gasteiger partial charge in [-0.3, -0.25) is 14.9 Å².